The highest BCUT2D eigenvalue weighted by molar-refractivity contribution is 6.35. The van der Waals surface area contributed by atoms with Gasteiger partial charge in [0.1, 0.15) is 5.69 Å². The second-order valence-corrected chi connectivity index (χ2v) is 6.00. The van der Waals surface area contributed by atoms with Gasteiger partial charge in [-0.1, -0.05) is 23.7 Å². The van der Waals surface area contributed by atoms with Gasteiger partial charge in [0, 0.05) is 19.0 Å². The maximum absolute atomic E-state index is 12.9. The number of carbonyl (C=O) groups is 2. The number of nitrogens with zero attached hydrogens (tertiary/aromatic N) is 2. The zero-order valence-corrected chi connectivity index (χ0v) is 13.4. The fraction of sp³-hybridized carbons (Fsp3) is 0.375. The molecule has 0 spiro atoms. The summed E-state index contributed by atoms with van der Waals surface area (Å²) in [6, 6.07) is 6.84. The Morgan fingerprint density at radius 3 is 2.91 bits per heavy atom. The van der Waals surface area contributed by atoms with Gasteiger partial charge >= 0.3 is 5.97 Å². The Balaban J connectivity index is 1.97. The van der Waals surface area contributed by atoms with Crippen LogP contribution in [-0.4, -0.2) is 52.3 Å². The normalized spacial score (nSPS) is 18.3. The number of rotatable bonds is 3. The van der Waals surface area contributed by atoms with E-state index in [-0.39, 0.29) is 18.9 Å². The summed E-state index contributed by atoms with van der Waals surface area (Å²) in [6.45, 7) is 1.03. The monoisotopic (exact) mass is 336 g/mol. The highest BCUT2D eigenvalue weighted by Crippen LogP contribution is 2.27. The number of morpholine rings is 1. The van der Waals surface area contributed by atoms with Crippen LogP contribution in [-0.2, 0) is 16.6 Å². The average Bonchev–Trinajstić information content (AvgIpc) is 2.85. The number of benzene rings is 1. The predicted molar refractivity (Wildman–Crippen MR) is 85.8 cm³/mol. The molecule has 2 aromatic rings. The zero-order valence-electron chi connectivity index (χ0n) is 12.7. The number of carbonyl (C=O) groups excluding carboxylic acids is 1. The highest BCUT2D eigenvalue weighted by atomic mass is 35.5. The number of aromatic nitrogens is 1. The lowest BCUT2D eigenvalue weighted by atomic mass is 10.1. The lowest BCUT2D eigenvalue weighted by Gasteiger charge is -2.34. The number of fused-ring (bicyclic) bond motifs is 1. The van der Waals surface area contributed by atoms with Gasteiger partial charge in [-0.15, -0.1) is 0 Å². The predicted octanol–water partition coefficient (Wildman–Crippen LogP) is 2.15. The molecule has 0 radical (unpaired) electrons. The molecule has 2 heterocycles. The first-order chi connectivity index (χ1) is 11.0. The maximum atomic E-state index is 12.9. The van der Waals surface area contributed by atoms with E-state index in [1.54, 1.807) is 28.6 Å². The summed E-state index contributed by atoms with van der Waals surface area (Å²) in [7, 11) is 1.79. The topological polar surface area (TPSA) is 71.8 Å². The van der Waals surface area contributed by atoms with Gasteiger partial charge in [0.05, 0.1) is 36.2 Å². The van der Waals surface area contributed by atoms with E-state index in [1.165, 1.54) is 0 Å². The van der Waals surface area contributed by atoms with Gasteiger partial charge in [-0.3, -0.25) is 9.59 Å². The van der Waals surface area contributed by atoms with Gasteiger partial charge in [0.25, 0.3) is 5.91 Å². The van der Waals surface area contributed by atoms with Crippen LogP contribution in [0.2, 0.25) is 5.02 Å². The second-order valence-electron chi connectivity index (χ2n) is 5.59. The van der Waals surface area contributed by atoms with Crippen LogP contribution in [0.15, 0.2) is 24.3 Å². The van der Waals surface area contributed by atoms with E-state index in [0.717, 1.165) is 10.9 Å². The molecule has 7 heteroatoms. The summed E-state index contributed by atoms with van der Waals surface area (Å²) in [5, 5.41) is 10.5. The minimum Gasteiger partial charge on any atom is -0.481 e. The molecule has 1 aromatic carbocycles. The summed E-state index contributed by atoms with van der Waals surface area (Å²) >= 11 is 6.22. The molecule has 122 valence electrons. The first-order valence-electron chi connectivity index (χ1n) is 7.33. The summed E-state index contributed by atoms with van der Waals surface area (Å²) in [5.41, 5.74) is 1.28. The van der Waals surface area contributed by atoms with Gasteiger partial charge in [-0.25, -0.2) is 0 Å². The number of amides is 1. The Hall–Kier alpha value is -2.05. The molecule has 1 aliphatic heterocycles. The molecule has 6 nitrogen and oxygen atoms in total. The number of para-hydroxylation sites is 1. The summed E-state index contributed by atoms with van der Waals surface area (Å²) in [6.07, 6.45) is -0.129. The van der Waals surface area contributed by atoms with Crippen molar-refractivity contribution < 1.29 is 19.4 Å². The second kappa shape index (κ2) is 6.22. The van der Waals surface area contributed by atoms with Crippen LogP contribution < -0.4 is 0 Å². The molecule has 0 aliphatic carbocycles. The minimum atomic E-state index is -0.946. The van der Waals surface area contributed by atoms with Crippen molar-refractivity contribution in [2.45, 2.75) is 12.5 Å². The van der Waals surface area contributed by atoms with Crippen molar-refractivity contribution in [3.05, 3.63) is 35.0 Å². The molecule has 1 atom stereocenters. The van der Waals surface area contributed by atoms with Crippen LogP contribution in [0.1, 0.15) is 16.9 Å². The Bertz CT molecular complexity index is 771. The lowest BCUT2D eigenvalue weighted by molar-refractivity contribution is -0.139. The summed E-state index contributed by atoms with van der Waals surface area (Å²) in [4.78, 5) is 25.5. The van der Waals surface area contributed by atoms with Gasteiger partial charge in [0.2, 0.25) is 0 Å². The smallest absolute Gasteiger partial charge is 0.305 e. The fourth-order valence-electron chi connectivity index (χ4n) is 3.01. The van der Waals surface area contributed by atoms with Crippen molar-refractivity contribution >= 4 is 34.4 Å². The Labute approximate surface area is 138 Å². The van der Waals surface area contributed by atoms with Gasteiger partial charge in [-0.2, -0.15) is 0 Å². The van der Waals surface area contributed by atoms with E-state index >= 15 is 0 Å². The largest absolute Gasteiger partial charge is 0.481 e. The molecule has 0 bridgehead atoms. The number of hydrogen-bond acceptors (Lipinski definition) is 3. The number of halogens is 1. The van der Waals surface area contributed by atoms with Crippen molar-refractivity contribution in [2.75, 3.05) is 19.8 Å². The molecular formula is C16H17ClN2O4. The quantitative estimate of drug-likeness (QED) is 0.932. The first-order valence-corrected chi connectivity index (χ1v) is 7.71. The number of carboxylic acids is 1. The van der Waals surface area contributed by atoms with Crippen LogP contribution >= 0.6 is 11.6 Å². The maximum Gasteiger partial charge on any atom is 0.305 e. The molecule has 0 saturated carbocycles. The van der Waals surface area contributed by atoms with Crippen LogP contribution in [0.4, 0.5) is 0 Å². The molecule has 0 unspecified atom stereocenters. The molecule has 1 fully saturated rings. The van der Waals surface area contributed by atoms with Crippen LogP contribution in [0, 0.1) is 0 Å². The van der Waals surface area contributed by atoms with Gasteiger partial charge in [0.15, 0.2) is 0 Å². The van der Waals surface area contributed by atoms with E-state index in [9.17, 15) is 9.59 Å². The van der Waals surface area contributed by atoms with Crippen molar-refractivity contribution in [1.29, 1.82) is 0 Å². The van der Waals surface area contributed by atoms with Crippen molar-refractivity contribution in [3.63, 3.8) is 0 Å². The van der Waals surface area contributed by atoms with Crippen LogP contribution in [0.5, 0.6) is 0 Å². The number of carboxylic acid groups (broad SMARTS) is 1. The lowest BCUT2D eigenvalue weighted by Crippen LogP contribution is -2.49. The third kappa shape index (κ3) is 2.92. The minimum absolute atomic E-state index is 0.129. The number of hydrogen-bond donors (Lipinski definition) is 1. The van der Waals surface area contributed by atoms with E-state index in [4.69, 9.17) is 21.4 Å². The number of aryl methyl sites for hydroxylation is 1. The SMILES string of the molecule is Cn1c(C(=O)N2CCOC[C@H]2CC(=O)O)cc2cccc(Cl)c21. The van der Waals surface area contributed by atoms with E-state index < -0.39 is 12.0 Å². The molecule has 3 rings (SSSR count). The highest BCUT2D eigenvalue weighted by Gasteiger charge is 2.31. The average molecular weight is 337 g/mol. The molecule has 1 saturated heterocycles. The fourth-order valence-corrected chi connectivity index (χ4v) is 3.32. The third-order valence-electron chi connectivity index (χ3n) is 4.12. The Morgan fingerprint density at radius 2 is 2.22 bits per heavy atom. The third-order valence-corrected chi connectivity index (χ3v) is 4.43. The zero-order chi connectivity index (χ0) is 16.6. The molecular weight excluding hydrogens is 320 g/mol. The van der Waals surface area contributed by atoms with E-state index in [2.05, 4.69) is 0 Å². The first kappa shape index (κ1) is 15.8. The van der Waals surface area contributed by atoms with Gasteiger partial charge in [-0.05, 0) is 12.1 Å². The van der Waals surface area contributed by atoms with E-state index in [0.29, 0.717) is 23.9 Å². The summed E-state index contributed by atoms with van der Waals surface area (Å²) in [5.74, 6) is -1.15. The standard InChI is InChI=1S/C16H17ClN2O4/c1-18-13(7-10-3-2-4-12(17)15(10)18)16(22)19-5-6-23-9-11(19)8-14(20)21/h2-4,7,11H,5-6,8-9H2,1H3,(H,20,21)/t11-/m1/s1. The Morgan fingerprint density at radius 1 is 1.43 bits per heavy atom. The van der Waals surface area contributed by atoms with Crippen LogP contribution in [0.3, 0.4) is 0 Å². The molecule has 1 aromatic heterocycles. The molecule has 23 heavy (non-hydrogen) atoms. The number of ether oxygens (including phenoxy) is 1. The summed E-state index contributed by atoms with van der Waals surface area (Å²) < 4.78 is 7.08. The molecule has 1 aliphatic rings. The van der Waals surface area contributed by atoms with Gasteiger partial charge < -0.3 is 19.3 Å². The molecule has 1 N–H and O–H groups in total. The van der Waals surface area contributed by atoms with Crippen molar-refractivity contribution in [2.24, 2.45) is 7.05 Å². The van der Waals surface area contributed by atoms with Crippen LogP contribution in [0.25, 0.3) is 10.9 Å². The number of aliphatic carboxylic acids is 1. The Kier molecular flexibility index (Phi) is 4.28. The van der Waals surface area contributed by atoms with Crippen molar-refractivity contribution in [1.82, 2.24) is 9.47 Å². The van der Waals surface area contributed by atoms with Crippen molar-refractivity contribution in [3.8, 4) is 0 Å². The molecule has 1 amide bonds. The van der Waals surface area contributed by atoms with E-state index in [1.807, 2.05) is 12.1 Å².